The van der Waals surface area contributed by atoms with Crippen molar-refractivity contribution in [2.45, 2.75) is 26.3 Å². The second-order valence-electron chi connectivity index (χ2n) is 5.60. The molecule has 0 aromatic heterocycles. The molecule has 0 bridgehead atoms. The zero-order valence-corrected chi connectivity index (χ0v) is 13.0. The Balaban J connectivity index is 2.29. The zero-order valence-electron chi connectivity index (χ0n) is 13.0. The molecule has 0 spiro atoms. The van der Waals surface area contributed by atoms with Gasteiger partial charge < -0.3 is 14.8 Å². The van der Waals surface area contributed by atoms with E-state index in [4.69, 9.17) is 9.47 Å². The van der Waals surface area contributed by atoms with Crippen molar-refractivity contribution in [1.29, 1.82) is 0 Å². The quantitative estimate of drug-likeness (QED) is 0.895. The van der Waals surface area contributed by atoms with E-state index in [0.717, 1.165) is 44.2 Å². The molecule has 4 heteroatoms. The largest absolute Gasteiger partial charge is 0.493 e. The molecule has 0 aliphatic carbocycles. The van der Waals surface area contributed by atoms with Crippen LogP contribution in [-0.4, -0.2) is 45.3 Å². The van der Waals surface area contributed by atoms with Gasteiger partial charge >= 0.3 is 0 Å². The molecular weight excluding hydrogens is 252 g/mol. The van der Waals surface area contributed by atoms with Gasteiger partial charge in [-0.15, -0.1) is 0 Å². The van der Waals surface area contributed by atoms with Gasteiger partial charge in [-0.2, -0.15) is 0 Å². The van der Waals surface area contributed by atoms with E-state index in [1.54, 1.807) is 14.2 Å². The highest BCUT2D eigenvalue weighted by Crippen LogP contribution is 2.35. The highest BCUT2D eigenvalue weighted by Gasteiger charge is 2.17. The minimum atomic E-state index is 0.483. The lowest BCUT2D eigenvalue weighted by atomic mass is 9.99. The van der Waals surface area contributed by atoms with Gasteiger partial charge in [0.2, 0.25) is 0 Å². The molecule has 0 unspecified atom stereocenters. The first-order valence-electron chi connectivity index (χ1n) is 7.33. The molecule has 0 amide bonds. The van der Waals surface area contributed by atoms with E-state index >= 15 is 0 Å². The Morgan fingerprint density at radius 3 is 2.40 bits per heavy atom. The lowest BCUT2D eigenvalue weighted by molar-refractivity contribution is 0.229. The van der Waals surface area contributed by atoms with Crippen LogP contribution >= 0.6 is 0 Å². The fourth-order valence-electron chi connectivity index (χ4n) is 2.63. The first-order chi connectivity index (χ1) is 9.65. The van der Waals surface area contributed by atoms with Gasteiger partial charge in [0.15, 0.2) is 11.5 Å². The molecule has 1 N–H and O–H groups in total. The fraction of sp³-hybridized carbons (Fsp3) is 0.625. The molecular formula is C16H26N2O2. The van der Waals surface area contributed by atoms with Crippen LogP contribution in [0.25, 0.3) is 0 Å². The van der Waals surface area contributed by atoms with Crippen molar-refractivity contribution in [2.75, 3.05) is 40.4 Å². The highest BCUT2D eigenvalue weighted by molar-refractivity contribution is 5.50. The minimum absolute atomic E-state index is 0.483. The summed E-state index contributed by atoms with van der Waals surface area (Å²) in [6.45, 7) is 9.61. The first-order valence-corrected chi connectivity index (χ1v) is 7.33. The summed E-state index contributed by atoms with van der Waals surface area (Å²) in [5.74, 6) is 2.19. The van der Waals surface area contributed by atoms with Crippen molar-refractivity contribution >= 4 is 0 Å². The van der Waals surface area contributed by atoms with Crippen molar-refractivity contribution in [2.24, 2.45) is 0 Å². The van der Waals surface area contributed by atoms with E-state index in [2.05, 4.69) is 36.2 Å². The molecule has 1 aliphatic heterocycles. The Morgan fingerprint density at radius 2 is 1.85 bits per heavy atom. The molecule has 0 radical (unpaired) electrons. The third-order valence-electron chi connectivity index (χ3n) is 3.85. The maximum atomic E-state index is 5.58. The number of benzene rings is 1. The van der Waals surface area contributed by atoms with Crippen LogP contribution in [0.3, 0.4) is 0 Å². The Kier molecular flexibility index (Phi) is 5.26. The van der Waals surface area contributed by atoms with Gasteiger partial charge in [0.05, 0.1) is 14.2 Å². The van der Waals surface area contributed by atoms with Crippen LogP contribution in [0.4, 0.5) is 0 Å². The number of rotatable bonds is 5. The van der Waals surface area contributed by atoms with Gasteiger partial charge in [-0.3, -0.25) is 4.90 Å². The van der Waals surface area contributed by atoms with Crippen molar-refractivity contribution in [3.8, 4) is 11.5 Å². The van der Waals surface area contributed by atoms with E-state index in [1.807, 2.05) is 0 Å². The summed E-state index contributed by atoms with van der Waals surface area (Å²) in [7, 11) is 3.42. The van der Waals surface area contributed by atoms with Gasteiger partial charge in [0.25, 0.3) is 0 Å². The normalized spacial score (nSPS) is 16.4. The standard InChI is InChI=1S/C16H26N2O2/c1-12(2)13-9-14(11-18-7-5-17-6-8-18)16(20-4)15(10-13)19-3/h9-10,12,17H,5-8,11H2,1-4H3. The number of hydrogen-bond donors (Lipinski definition) is 1. The van der Waals surface area contributed by atoms with Gasteiger partial charge in [-0.1, -0.05) is 19.9 Å². The van der Waals surface area contributed by atoms with Crippen LogP contribution in [0.2, 0.25) is 0 Å². The molecule has 4 nitrogen and oxygen atoms in total. The van der Waals surface area contributed by atoms with Crippen molar-refractivity contribution in [3.05, 3.63) is 23.3 Å². The molecule has 2 rings (SSSR count). The molecule has 0 saturated carbocycles. The second kappa shape index (κ2) is 6.95. The molecule has 1 aromatic carbocycles. The number of piperazine rings is 1. The Labute approximate surface area is 122 Å². The van der Waals surface area contributed by atoms with E-state index in [-0.39, 0.29) is 0 Å². The Bertz CT molecular complexity index is 440. The van der Waals surface area contributed by atoms with Gasteiger partial charge in [0, 0.05) is 38.3 Å². The topological polar surface area (TPSA) is 33.7 Å². The summed E-state index contributed by atoms with van der Waals surface area (Å²) in [6, 6.07) is 4.35. The van der Waals surface area contributed by atoms with E-state index in [1.165, 1.54) is 11.1 Å². The van der Waals surface area contributed by atoms with Gasteiger partial charge in [0.1, 0.15) is 0 Å². The lowest BCUT2D eigenvalue weighted by Crippen LogP contribution is -2.42. The molecule has 20 heavy (non-hydrogen) atoms. The molecule has 0 atom stereocenters. The molecule has 1 fully saturated rings. The zero-order chi connectivity index (χ0) is 14.5. The average molecular weight is 278 g/mol. The second-order valence-corrected chi connectivity index (χ2v) is 5.60. The van der Waals surface area contributed by atoms with Crippen molar-refractivity contribution in [3.63, 3.8) is 0 Å². The maximum Gasteiger partial charge on any atom is 0.165 e. The van der Waals surface area contributed by atoms with E-state index in [9.17, 15) is 0 Å². The molecule has 1 heterocycles. The van der Waals surface area contributed by atoms with Crippen LogP contribution in [0, 0.1) is 0 Å². The summed E-state index contributed by atoms with van der Waals surface area (Å²) >= 11 is 0. The minimum Gasteiger partial charge on any atom is -0.493 e. The fourth-order valence-corrected chi connectivity index (χ4v) is 2.63. The molecule has 1 saturated heterocycles. The van der Waals surface area contributed by atoms with E-state index in [0.29, 0.717) is 5.92 Å². The first kappa shape index (κ1) is 15.1. The number of nitrogens with zero attached hydrogens (tertiary/aromatic N) is 1. The number of ether oxygens (including phenoxy) is 2. The van der Waals surface area contributed by atoms with Crippen LogP contribution < -0.4 is 14.8 Å². The SMILES string of the molecule is COc1cc(C(C)C)cc(CN2CCNCC2)c1OC. The number of nitrogens with one attached hydrogen (secondary N) is 1. The van der Waals surface area contributed by atoms with Crippen molar-refractivity contribution in [1.82, 2.24) is 10.2 Å². The molecule has 1 aromatic rings. The summed E-state index contributed by atoms with van der Waals surface area (Å²) < 4.78 is 11.1. The predicted molar refractivity (Wildman–Crippen MR) is 81.8 cm³/mol. The summed E-state index contributed by atoms with van der Waals surface area (Å²) in [6.07, 6.45) is 0. The van der Waals surface area contributed by atoms with Crippen molar-refractivity contribution < 1.29 is 9.47 Å². The predicted octanol–water partition coefficient (Wildman–Crippen LogP) is 2.23. The van der Waals surface area contributed by atoms with Crippen LogP contribution in [0.1, 0.15) is 30.9 Å². The third-order valence-corrected chi connectivity index (χ3v) is 3.85. The molecule has 112 valence electrons. The Morgan fingerprint density at radius 1 is 1.15 bits per heavy atom. The highest BCUT2D eigenvalue weighted by atomic mass is 16.5. The Hall–Kier alpha value is -1.26. The lowest BCUT2D eigenvalue weighted by Gasteiger charge is -2.28. The summed E-state index contributed by atoms with van der Waals surface area (Å²) in [5, 5.41) is 3.38. The average Bonchev–Trinajstić information content (AvgIpc) is 2.47. The smallest absolute Gasteiger partial charge is 0.165 e. The van der Waals surface area contributed by atoms with Crippen LogP contribution in [-0.2, 0) is 6.54 Å². The number of hydrogen-bond acceptors (Lipinski definition) is 4. The monoisotopic (exact) mass is 278 g/mol. The van der Waals surface area contributed by atoms with Crippen LogP contribution in [0.15, 0.2) is 12.1 Å². The maximum absolute atomic E-state index is 5.58. The molecule has 1 aliphatic rings. The third kappa shape index (κ3) is 3.44. The number of methoxy groups -OCH3 is 2. The summed E-state index contributed by atoms with van der Waals surface area (Å²) in [5.41, 5.74) is 2.52. The van der Waals surface area contributed by atoms with Gasteiger partial charge in [-0.25, -0.2) is 0 Å². The van der Waals surface area contributed by atoms with Crippen LogP contribution in [0.5, 0.6) is 11.5 Å². The van der Waals surface area contributed by atoms with E-state index < -0.39 is 0 Å². The van der Waals surface area contributed by atoms with Gasteiger partial charge in [-0.05, 0) is 17.5 Å². The summed E-state index contributed by atoms with van der Waals surface area (Å²) in [4.78, 5) is 2.46.